The number of aryl methyl sites for hydroxylation is 1. The topological polar surface area (TPSA) is 143 Å². The molecule has 13 nitrogen and oxygen atoms in total. The molecule has 15 heteroatoms. The number of ketones is 1. The third-order valence-electron chi connectivity index (χ3n) is 10.4. The van der Waals surface area contributed by atoms with Gasteiger partial charge in [-0.05, 0) is 68.8 Å². The molecule has 0 bridgehead atoms. The fourth-order valence-electron chi connectivity index (χ4n) is 7.99. The van der Waals surface area contributed by atoms with Gasteiger partial charge in [-0.15, -0.1) is 5.10 Å². The van der Waals surface area contributed by atoms with Gasteiger partial charge in [0.25, 0.3) is 11.7 Å². The van der Waals surface area contributed by atoms with E-state index < -0.39 is 34.7 Å². The number of piperidine rings is 1. The Morgan fingerprint density at radius 3 is 2.64 bits per heavy atom. The van der Waals surface area contributed by atoms with Crippen molar-refractivity contribution in [2.24, 2.45) is 5.92 Å². The Morgan fingerprint density at radius 1 is 1.06 bits per heavy atom. The van der Waals surface area contributed by atoms with Crippen LogP contribution < -0.4 is 20.0 Å². The number of aromatic carboxylic acids is 1. The van der Waals surface area contributed by atoms with Crippen LogP contribution in [0.15, 0.2) is 41.5 Å². The fraction of sp³-hybridized carbons (Fsp3) is 0.429. The average Bonchev–Trinajstić information content (AvgIpc) is 3.61. The molecule has 2 saturated heterocycles. The summed E-state index contributed by atoms with van der Waals surface area (Å²) in [6.45, 7) is 3.25. The van der Waals surface area contributed by atoms with Gasteiger partial charge in [-0.2, -0.15) is 0 Å². The summed E-state index contributed by atoms with van der Waals surface area (Å²) in [6.07, 6.45) is 7.34. The molecule has 3 fully saturated rings. The Labute approximate surface area is 284 Å². The van der Waals surface area contributed by atoms with Crippen LogP contribution in [0.3, 0.4) is 0 Å². The third-order valence-corrected chi connectivity index (χ3v) is 10.4. The van der Waals surface area contributed by atoms with E-state index in [9.17, 15) is 28.7 Å². The van der Waals surface area contributed by atoms with Crippen molar-refractivity contribution in [2.75, 3.05) is 43.1 Å². The molecule has 4 aliphatic rings. The first-order valence-electron chi connectivity index (χ1n) is 16.8. The van der Waals surface area contributed by atoms with Gasteiger partial charge < -0.3 is 24.2 Å². The quantitative estimate of drug-likeness (QED) is 0.246. The average molecular weight is 688 g/mol. The maximum Gasteiger partial charge on any atom is 0.341 e. The van der Waals surface area contributed by atoms with Crippen LogP contribution in [-0.2, 0) is 17.9 Å². The Hall–Kier alpha value is -5.18. The van der Waals surface area contributed by atoms with Crippen LogP contribution in [0.5, 0.6) is 5.75 Å². The molecule has 8 rings (SSSR count). The van der Waals surface area contributed by atoms with Crippen LogP contribution in [-0.4, -0.2) is 86.6 Å². The van der Waals surface area contributed by atoms with Gasteiger partial charge in [0.2, 0.25) is 5.43 Å². The van der Waals surface area contributed by atoms with Gasteiger partial charge in [-0.1, -0.05) is 5.21 Å². The summed E-state index contributed by atoms with van der Waals surface area (Å²) in [4.78, 5) is 55.5. The Bertz CT molecular complexity index is 2130. The van der Waals surface area contributed by atoms with Gasteiger partial charge >= 0.3 is 5.97 Å². The van der Waals surface area contributed by atoms with Crippen LogP contribution in [0.2, 0.25) is 0 Å². The number of likely N-dealkylation sites (tertiary alicyclic amines) is 1. The zero-order chi connectivity index (χ0) is 34.8. The number of fused-ring (bicyclic) bond motifs is 3. The van der Waals surface area contributed by atoms with E-state index in [1.807, 2.05) is 11.1 Å². The number of hydrogen-bond acceptors (Lipinski definition) is 9. The summed E-state index contributed by atoms with van der Waals surface area (Å²) >= 11 is 0. The minimum atomic E-state index is -1.35. The molecule has 0 radical (unpaired) electrons. The second-order valence-electron chi connectivity index (χ2n) is 13.6. The van der Waals surface area contributed by atoms with E-state index in [0.29, 0.717) is 43.8 Å². The van der Waals surface area contributed by atoms with Gasteiger partial charge in [-0.3, -0.25) is 24.0 Å². The van der Waals surface area contributed by atoms with Gasteiger partial charge in [0.05, 0.1) is 35.0 Å². The standard InChI is InChI=1S/C35H35F2N7O6/c1-50-33-29-24(31(45)25(35(48)49)17-44(29)22-6-7-22)13-26(37)30(33)41-14-19-4-2-9-40(28(19)18-41)15-21-16-42(39-38-21)10-3-11-43-27-8-5-20(36)12-23(27)32(46)34(43)47/h5,8,12-13,16-17,19,22,28H,2-4,6-7,9-11,14-15,18H2,1H3,(H,48,49)/t19-,28+/m1/s1. The maximum absolute atomic E-state index is 16.0. The van der Waals surface area contributed by atoms with Crippen LogP contribution in [0.4, 0.5) is 20.2 Å². The van der Waals surface area contributed by atoms with E-state index >= 15 is 4.39 Å². The summed E-state index contributed by atoms with van der Waals surface area (Å²) in [5.41, 5.74) is 0.847. The molecule has 1 aliphatic carbocycles. The SMILES string of the molecule is COc1c(N2C[C@H]3CCCN(Cc4cn(CCCN5C(=O)C(=O)c6cc(F)ccc65)nn4)[C@H]3C2)c(F)cc2c(=O)c(C(=O)O)cn(C3CC3)c12. The minimum absolute atomic E-state index is 0.00282. The number of carbonyl (C=O) groups excluding carboxylic acids is 2. The molecule has 2 atom stereocenters. The number of aromatic nitrogens is 4. The van der Waals surface area contributed by atoms with Crippen molar-refractivity contribution in [3.63, 3.8) is 0 Å². The molecule has 0 spiro atoms. The first-order chi connectivity index (χ1) is 24.1. The number of carboxylic acids is 1. The number of anilines is 2. The predicted molar refractivity (Wildman–Crippen MR) is 177 cm³/mol. The lowest BCUT2D eigenvalue weighted by Gasteiger charge is -2.36. The van der Waals surface area contributed by atoms with Crippen molar-refractivity contribution < 1.29 is 33.0 Å². The van der Waals surface area contributed by atoms with E-state index in [-0.39, 0.29) is 52.5 Å². The number of Topliss-reactive ketones (excluding diaryl/α,β-unsaturated/α-hetero) is 1. The number of ether oxygens (including phenoxy) is 1. The normalized spacial score (nSPS) is 20.5. The molecular formula is C35H35F2N7O6. The third kappa shape index (κ3) is 5.39. The van der Waals surface area contributed by atoms with E-state index in [0.717, 1.165) is 50.1 Å². The van der Waals surface area contributed by atoms with Crippen molar-refractivity contribution in [2.45, 2.75) is 57.3 Å². The lowest BCUT2D eigenvalue weighted by Crippen LogP contribution is -2.44. The van der Waals surface area contributed by atoms with Crippen molar-refractivity contribution in [3.05, 3.63) is 75.3 Å². The Kier molecular flexibility index (Phi) is 7.88. The summed E-state index contributed by atoms with van der Waals surface area (Å²) in [5.74, 6) is -3.41. The number of carboxylic acid groups (broad SMARTS) is 1. The number of amides is 1. The van der Waals surface area contributed by atoms with Crippen LogP contribution in [0.1, 0.15) is 64.6 Å². The Morgan fingerprint density at radius 2 is 1.88 bits per heavy atom. The molecule has 50 heavy (non-hydrogen) atoms. The maximum atomic E-state index is 16.0. The first kappa shape index (κ1) is 32.0. The van der Waals surface area contributed by atoms with Crippen LogP contribution in [0.25, 0.3) is 10.9 Å². The second kappa shape index (κ2) is 12.3. The van der Waals surface area contributed by atoms with Gasteiger partial charge in [0.1, 0.15) is 17.1 Å². The highest BCUT2D eigenvalue weighted by Gasteiger charge is 2.42. The van der Waals surface area contributed by atoms with Crippen LogP contribution in [0, 0.1) is 17.6 Å². The van der Waals surface area contributed by atoms with E-state index in [1.165, 1.54) is 30.3 Å². The molecule has 2 aromatic heterocycles. The number of hydrogen-bond donors (Lipinski definition) is 1. The number of rotatable bonds is 10. The molecular weight excluding hydrogens is 652 g/mol. The van der Waals surface area contributed by atoms with E-state index in [1.54, 1.807) is 9.25 Å². The summed E-state index contributed by atoms with van der Waals surface area (Å²) in [6, 6.07) is 5.06. The fourth-order valence-corrected chi connectivity index (χ4v) is 7.99. The number of nitrogens with zero attached hydrogens (tertiary/aromatic N) is 7. The molecule has 3 aliphatic heterocycles. The van der Waals surface area contributed by atoms with Gasteiger partial charge in [0.15, 0.2) is 11.6 Å². The lowest BCUT2D eigenvalue weighted by molar-refractivity contribution is -0.114. The highest BCUT2D eigenvalue weighted by atomic mass is 19.1. The molecule has 2 aromatic carbocycles. The first-order valence-corrected chi connectivity index (χ1v) is 16.8. The second-order valence-corrected chi connectivity index (χ2v) is 13.6. The number of carbonyl (C=O) groups is 3. The minimum Gasteiger partial charge on any atom is -0.492 e. The number of pyridine rings is 1. The lowest BCUT2D eigenvalue weighted by atomic mass is 9.92. The zero-order valence-electron chi connectivity index (χ0n) is 27.3. The number of halogens is 2. The number of methoxy groups -OCH3 is 1. The zero-order valence-corrected chi connectivity index (χ0v) is 27.3. The van der Waals surface area contributed by atoms with E-state index in [4.69, 9.17) is 4.74 Å². The van der Waals surface area contributed by atoms with Crippen molar-refractivity contribution >= 4 is 39.9 Å². The molecule has 0 unspecified atom stereocenters. The van der Waals surface area contributed by atoms with Crippen LogP contribution >= 0.6 is 0 Å². The molecule has 5 heterocycles. The molecule has 260 valence electrons. The van der Waals surface area contributed by atoms with E-state index in [2.05, 4.69) is 15.2 Å². The molecule has 1 amide bonds. The summed E-state index contributed by atoms with van der Waals surface area (Å²) < 4.78 is 39.0. The van der Waals surface area contributed by atoms with Crippen molar-refractivity contribution in [3.8, 4) is 5.75 Å². The molecule has 1 N–H and O–H groups in total. The van der Waals surface area contributed by atoms with Gasteiger partial charge in [-0.25, -0.2) is 13.6 Å². The van der Waals surface area contributed by atoms with Crippen molar-refractivity contribution in [1.29, 1.82) is 0 Å². The number of benzene rings is 2. The highest BCUT2D eigenvalue weighted by Crippen LogP contribution is 2.45. The molecule has 4 aromatic rings. The summed E-state index contributed by atoms with van der Waals surface area (Å²) in [5, 5.41) is 18.3. The smallest absolute Gasteiger partial charge is 0.341 e. The van der Waals surface area contributed by atoms with Crippen molar-refractivity contribution in [1.82, 2.24) is 24.5 Å². The molecule has 1 saturated carbocycles. The largest absolute Gasteiger partial charge is 0.492 e. The monoisotopic (exact) mass is 687 g/mol. The predicted octanol–water partition coefficient (Wildman–Crippen LogP) is 3.63. The highest BCUT2D eigenvalue weighted by molar-refractivity contribution is 6.52. The van der Waals surface area contributed by atoms with Gasteiger partial charge in [0, 0.05) is 57.2 Å². The Balaban J connectivity index is 0.977. The summed E-state index contributed by atoms with van der Waals surface area (Å²) in [7, 11) is 1.45.